The van der Waals surface area contributed by atoms with Crippen LogP contribution in [0.3, 0.4) is 0 Å². The highest BCUT2D eigenvalue weighted by Gasteiger charge is 2.45. The van der Waals surface area contributed by atoms with Crippen molar-refractivity contribution in [1.82, 2.24) is 19.7 Å². The van der Waals surface area contributed by atoms with E-state index in [0.29, 0.717) is 25.7 Å². The Morgan fingerprint density at radius 3 is 2.65 bits per heavy atom. The van der Waals surface area contributed by atoms with E-state index >= 15 is 0 Å². The molecule has 6 nitrogen and oxygen atoms in total. The first-order valence-corrected chi connectivity index (χ1v) is 7.23. The molecule has 0 aromatic carbocycles. The second kappa shape index (κ2) is 4.55. The lowest BCUT2D eigenvalue weighted by Crippen LogP contribution is -2.55. The van der Waals surface area contributed by atoms with Gasteiger partial charge >= 0.3 is 0 Å². The number of hydrogen-bond acceptors (Lipinski definition) is 4. The van der Waals surface area contributed by atoms with Crippen LogP contribution >= 0.6 is 0 Å². The first kappa shape index (κ1) is 13.5. The van der Waals surface area contributed by atoms with E-state index < -0.39 is 0 Å². The summed E-state index contributed by atoms with van der Waals surface area (Å²) in [6, 6.07) is 0.222. The SMILES string of the molecule is CC(C)c1nnc2n1[C@@H](C)CN(C(=O)C1(C)COC1)C2. The molecule has 1 aromatic rings. The summed E-state index contributed by atoms with van der Waals surface area (Å²) in [5.74, 6) is 2.43. The van der Waals surface area contributed by atoms with Crippen molar-refractivity contribution in [2.75, 3.05) is 19.8 Å². The van der Waals surface area contributed by atoms with E-state index in [9.17, 15) is 4.79 Å². The van der Waals surface area contributed by atoms with Gasteiger partial charge in [0.15, 0.2) is 5.82 Å². The van der Waals surface area contributed by atoms with Crippen molar-refractivity contribution < 1.29 is 9.53 Å². The Balaban J connectivity index is 1.84. The number of amides is 1. The molecule has 1 amide bonds. The molecule has 2 aliphatic heterocycles. The fourth-order valence-electron chi connectivity index (χ4n) is 3.02. The molecule has 3 heterocycles. The fraction of sp³-hybridized carbons (Fsp3) is 0.786. The zero-order valence-electron chi connectivity index (χ0n) is 12.6. The molecular weight excluding hydrogens is 256 g/mol. The van der Waals surface area contributed by atoms with Gasteiger partial charge in [0.1, 0.15) is 5.82 Å². The van der Waals surface area contributed by atoms with E-state index in [1.165, 1.54) is 0 Å². The lowest BCUT2D eigenvalue weighted by atomic mass is 9.86. The van der Waals surface area contributed by atoms with Gasteiger partial charge in [-0.2, -0.15) is 0 Å². The van der Waals surface area contributed by atoms with Gasteiger partial charge in [0.25, 0.3) is 0 Å². The van der Waals surface area contributed by atoms with Gasteiger partial charge in [0.2, 0.25) is 5.91 Å². The van der Waals surface area contributed by atoms with Gasteiger partial charge in [-0.1, -0.05) is 13.8 Å². The maximum Gasteiger partial charge on any atom is 0.233 e. The minimum atomic E-state index is -0.344. The minimum absolute atomic E-state index is 0.177. The first-order chi connectivity index (χ1) is 9.42. The summed E-state index contributed by atoms with van der Waals surface area (Å²) in [5, 5.41) is 8.56. The third-order valence-corrected chi connectivity index (χ3v) is 4.21. The summed E-state index contributed by atoms with van der Waals surface area (Å²) in [6.07, 6.45) is 0. The van der Waals surface area contributed by atoms with Crippen LogP contribution < -0.4 is 0 Å². The Labute approximate surface area is 119 Å². The smallest absolute Gasteiger partial charge is 0.233 e. The predicted molar refractivity (Wildman–Crippen MR) is 73.2 cm³/mol. The molecule has 3 rings (SSSR count). The second-order valence-electron chi connectivity index (χ2n) is 6.59. The molecule has 2 aliphatic rings. The van der Waals surface area contributed by atoms with Gasteiger partial charge in [-0.3, -0.25) is 4.79 Å². The largest absolute Gasteiger partial charge is 0.379 e. The highest BCUT2D eigenvalue weighted by molar-refractivity contribution is 5.83. The maximum absolute atomic E-state index is 12.6. The van der Waals surface area contributed by atoms with Crippen LogP contribution in [0.1, 0.15) is 51.3 Å². The van der Waals surface area contributed by atoms with E-state index in [1.54, 1.807) is 0 Å². The van der Waals surface area contributed by atoms with E-state index in [2.05, 4.69) is 35.5 Å². The molecule has 0 unspecified atom stereocenters. The molecule has 0 spiro atoms. The van der Waals surface area contributed by atoms with Gasteiger partial charge in [-0.05, 0) is 13.8 Å². The number of carbonyl (C=O) groups is 1. The molecule has 1 saturated heterocycles. The van der Waals surface area contributed by atoms with E-state index in [0.717, 1.165) is 18.2 Å². The number of fused-ring (bicyclic) bond motifs is 1. The van der Waals surface area contributed by atoms with Crippen molar-refractivity contribution >= 4 is 5.91 Å². The van der Waals surface area contributed by atoms with Crippen molar-refractivity contribution in [3.05, 3.63) is 11.6 Å². The van der Waals surface area contributed by atoms with Gasteiger partial charge in [0.05, 0.1) is 31.2 Å². The van der Waals surface area contributed by atoms with Crippen LogP contribution in [-0.4, -0.2) is 45.3 Å². The van der Waals surface area contributed by atoms with Crippen LogP contribution in [0.25, 0.3) is 0 Å². The van der Waals surface area contributed by atoms with E-state index in [4.69, 9.17) is 4.74 Å². The van der Waals surface area contributed by atoms with E-state index in [1.807, 2.05) is 11.8 Å². The lowest BCUT2D eigenvalue weighted by Gasteiger charge is -2.42. The zero-order valence-corrected chi connectivity index (χ0v) is 12.6. The summed E-state index contributed by atoms with van der Waals surface area (Å²) < 4.78 is 7.39. The number of ether oxygens (including phenoxy) is 1. The minimum Gasteiger partial charge on any atom is -0.379 e. The predicted octanol–water partition coefficient (Wildman–Crippen LogP) is 1.34. The average Bonchev–Trinajstić information content (AvgIpc) is 2.79. The van der Waals surface area contributed by atoms with Crippen LogP contribution in [0.15, 0.2) is 0 Å². The molecule has 20 heavy (non-hydrogen) atoms. The normalized spacial score (nSPS) is 24.4. The van der Waals surface area contributed by atoms with Crippen LogP contribution in [-0.2, 0) is 16.1 Å². The third-order valence-electron chi connectivity index (χ3n) is 4.21. The number of aromatic nitrogens is 3. The molecule has 0 bridgehead atoms. The summed E-state index contributed by atoms with van der Waals surface area (Å²) in [6.45, 7) is 10.7. The number of carbonyl (C=O) groups excluding carboxylic acids is 1. The topological polar surface area (TPSA) is 60.2 Å². The molecular formula is C14H22N4O2. The summed E-state index contributed by atoms with van der Waals surface area (Å²) in [5.41, 5.74) is -0.344. The van der Waals surface area contributed by atoms with Crippen LogP contribution in [0.4, 0.5) is 0 Å². The quantitative estimate of drug-likeness (QED) is 0.819. The van der Waals surface area contributed by atoms with Crippen molar-refractivity contribution in [2.45, 2.75) is 46.2 Å². The monoisotopic (exact) mass is 278 g/mol. The van der Waals surface area contributed by atoms with Crippen molar-refractivity contribution in [1.29, 1.82) is 0 Å². The Bertz CT molecular complexity index is 533. The molecule has 110 valence electrons. The third kappa shape index (κ3) is 1.93. The highest BCUT2D eigenvalue weighted by atomic mass is 16.5. The van der Waals surface area contributed by atoms with Gasteiger partial charge in [-0.15, -0.1) is 10.2 Å². The molecule has 1 aromatic heterocycles. The number of rotatable bonds is 2. The van der Waals surface area contributed by atoms with Crippen LogP contribution in [0.5, 0.6) is 0 Å². The Kier molecular flexibility index (Phi) is 3.08. The summed E-state index contributed by atoms with van der Waals surface area (Å²) >= 11 is 0. The Morgan fingerprint density at radius 1 is 1.40 bits per heavy atom. The van der Waals surface area contributed by atoms with E-state index in [-0.39, 0.29) is 17.4 Å². The van der Waals surface area contributed by atoms with Crippen LogP contribution in [0, 0.1) is 5.41 Å². The van der Waals surface area contributed by atoms with Gasteiger partial charge in [-0.25, -0.2) is 0 Å². The highest BCUT2D eigenvalue weighted by Crippen LogP contribution is 2.32. The Morgan fingerprint density at radius 2 is 2.10 bits per heavy atom. The molecule has 1 atom stereocenters. The average molecular weight is 278 g/mol. The molecule has 0 saturated carbocycles. The number of hydrogen-bond donors (Lipinski definition) is 0. The molecule has 0 N–H and O–H groups in total. The molecule has 1 fully saturated rings. The Hall–Kier alpha value is -1.43. The lowest BCUT2D eigenvalue weighted by molar-refractivity contribution is -0.170. The number of nitrogens with zero attached hydrogens (tertiary/aromatic N) is 4. The summed E-state index contributed by atoms with van der Waals surface area (Å²) in [4.78, 5) is 14.5. The molecule has 0 aliphatic carbocycles. The van der Waals surface area contributed by atoms with Gasteiger partial charge in [0, 0.05) is 12.5 Å². The van der Waals surface area contributed by atoms with Crippen molar-refractivity contribution in [2.24, 2.45) is 5.41 Å². The maximum atomic E-state index is 12.6. The second-order valence-corrected chi connectivity index (χ2v) is 6.59. The van der Waals surface area contributed by atoms with Crippen molar-refractivity contribution in [3.63, 3.8) is 0 Å². The van der Waals surface area contributed by atoms with Crippen molar-refractivity contribution in [3.8, 4) is 0 Å². The van der Waals surface area contributed by atoms with Crippen LogP contribution in [0.2, 0.25) is 0 Å². The fourth-order valence-corrected chi connectivity index (χ4v) is 3.02. The standard InChI is InChI=1S/C14H22N4O2/c1-9(2)12-16-15-11-6-17(5-10(3)18(11)12)13(19)14(4)7-20-8-14/h9-10H,5-8H2,1-4H3/t10-/m0/s1. The molecule has 0 radical (unpaired) electrons. The first-order valence-electron chi connectivity index (χ1n) is 7.23. The molecule has 6 heteroatoms. The zero-order chi connectivity index (χ0) is 14.5. The summed E-state index contributed by atoms with van der Waals surface area (Å²) in [7, 11) is 0. The van der Waals surface area contributed by atoms with Gasteiger partial charge < -0.3 is 14.2 Å².